The van der Waals surface area contributed by atoms with Gasteiger partial charge in [0.2, 0.25) is 5.95 Å². The minimum Gasteiger partial charge on any atom is -0.495 e. The summed E-state index contributed by atoms with van der Waals surface area (Å²) in [6.07, 6.45) is 0. The van der Waals surface area contributed by atoms with Crippen LogP contribution in [0, 0.1) is 0 Å². The number of allylic oxidation sites excluding steroid dienone is 1. The van der Waals surface area contributed by atoms with Crippen LogP contribution in [0.25, 0.3) is 11.4 Å². The zero-order chi connectivity index (χ0) is 24.5. The number of rotatable bonds is 5. The number of ether oxygens (including phenoxy) is 1. The van der Waals surface area contributed by atoms with Gasteiger partial charge in [0.15, 0.2) is 5.82 Å². The molecule has 2 heterocycles. The summed E-state index contributed by atoms with van der Waals surface area (Å²) >= 11 is 12.7. The van der Waals surface area contributed by atoms with Crippen molar-refractivity contribution < 1.29 is 9.53 Å². The smallest absolute Gasteiger partial charge is 0.255 e. The first-order valence-corrected chi connectivity index (χ1v) is 11.6. The van der Waals surface area contributed by atoms with Gasteiger partial charge < -0.3 is 15.4 Å². The number of hydrogen-bond acceptors (Lipinski definition) is 5. The summed E-state index contributed by atoms with van der Waals surface area (Å²) in [6, 6.07) is 21.3. The maximum absolute atomic E-state index is 13.7. The van der Waals surface area contributed by atoms with E-state index in [2.05, 4.69) is 15.6 Å². The summed E-state index contributed by atoms with van der Waals surface area (Å²) in [6.45, 7) is 1.83. The largest absolute Gasteiger partial charge is 0.495 e. The molecule has 9 heteroatoms. The molecule has 1 amide bonds. The number of carbonyl (C=O) groups excluding carboxylic acids is 1. The van der Waals surface area contributed by atoms with Crippen LogP contribution in [0.15, 0.2) is 84.1 Å². The molecule has 0 aliphatic carbocycles. The van der Waals surface area contributed by atoms with Crippen LogP contribution < -0.4 is 15.4 Å². The minimum atomic E-state index is -0.608. The highest BCUT2D eigenvalue weighted by molar-refractivity contribution is 6.31. The van der Waals surface area contributed by atoms with E-state index in [1.807, 2.05) is 49.4 Å². The Morgan fingerprint density at radius 2 is 1.74 bits per heavy atom. The number of anilines is 2. The predicted octanol–water partition coefficient (Wildman–Crippen LogP) is 6.19. The molecule has 4 aromatic rings. The van der Waals surface area contributed by atoms with E-state index < -0.39 is 6.04 Å². The molecule has 1 aromatic heterocycles. The van der Waals surface area contributed by atoms with Crippen LogP contribution >= 0.6 is 23.2 Å². The lowest BCUT2D eigenvalue weighted by Gasteiger charge is -2.29. The topological polar surface area (TPSA) is 81.1 Å². The number of halogens is 2. The molecule has 1 unspecified atom stereocenters. The lowest BCUT2D eigenvalue weighted by Crippen LogP contribution is -2.31. The Balaban J connectivity index is 1.61. The van der Waals surface area contributed by atoms with Crippen molar-refractivity contribution in [3.63, 3.8) is 0 Å². The summed E-state index contributed by atoms with van der Waals surface area (Å²) in [4.78, 5) is 18.4. The molecule has 5 rings (SSSR count). The fourth-order valence-corrected chi connectivity index (χ4v) is 4.45. The number of carbonyl (C=O) groups is 1. The molecule has 0 spiro atoms. The molecule has 1 aliphatic rings. The van der Waals surface area contributed by atoms with E-state index in [0.29, 0.717) is 44.5 Å². The number of nitrogens with zero attached hydrogens (tertiary/aromatic N) is 3. The molecule has 2 N–H and O–H groups in total. The first kappa shape index (κ1) is 23.0. The molecular formula is C26H21Cl2N5O2. The van der Waals surface area contributed by atoms with Crippen LogP contribution in [-0.2, 0) is 4.79 Å². The van der Waals surface area contributed by atoms with Gasteiger partial charge in [-0.25, -0.2) is 4.68 Å². The highest BCUT2D eigenvalue weighted by Crippen LogP contribution is 2.39. The van der Waals surface area contributed by atoms with Crippen LogP contribution in [0.5, 0.6) is 5.75 Å². The Kier molecular flexibility index (Phi) is 6.19. The number of para-hydroxylation sites is 2. The van der Waals surface area contributed by atoms with Crippen molar-refractivity contribution in [2.24, 2.45) is 0 Å². The highest BCUT2D eigenvalue weighted by Gasteiger charge is 2.35. The second kappa shape index (κ2) is 9.44. The maximum Gasteiger partial charge on any atom is 0.255 e. The van der Waals surface area contributed by atoms with E-state index in [9.17, 15) is 4.79 Å². The second-order valence-electron chi connectivity index (χ2n) is 7.95. The SMILES string of the molecule is COc1ccccc1NC(=O)C1=C(C)Nc2nc(-c3ccc(Cl)cc3)nn2C1c1ccccc1Cl. The second-order valence-corrected chi connectivity index (χ2v) is 8.80. The third kappa shape index (κ3) is 4.36. The molecule has 176 valence electrons. The van der Waals surface area contributed by atoms with Gasteiger partial charge in [-0.15, -0.1) is 5.10 Å². The van der Waals surface area contributed by atoms with Crippen LogP contribution in [0.4, 0.5) is 11.6 Å². The fraction of sp³-hybridized carbons (Fsp3) is 0.115. The van der Waals surface area contributed by atoms with Crippen molar-refractivity contribution in [1.29, 1.82) is 0 Å². The van der Waals surface area contributed by atoms with E-state index >= 15 is 0 Å². The van der Waals surface area contributed by atoms with E-state index in [-0.39, 0.29) is 5.91 Å². The average Bonchev–Trinajstić information content (AvgIpc) is 3.28. The summed E-state index contributed by atoms with van der Waals surface area (Å²) in [5.74, 6) is 1.26. The predicted molar refractivity (Wildman–Crippen MR) is 138 cm³/mol. The minimum absolute atomic E-state index is 0.307. The molecule has 1 aliphatic heterocycles. The molecule has 3 aromatic carbocycles. The Morgan fingerprint density at radius 3 is 2.49 bits per heavy atom. The third-order valence-corrected chi connectivity index (χ3v) is 6.35. The zero-order valence-corrected chi connectivity index (χ0v) is 20.4. The Morgan fingerprint density at radius 1 is 1.03 bits per heavy atom. The first-order valence-electron chi connectivity index (χ1n) is 10.9. The van der Waals surface area contributed by atoms with Gasteiger partial charge in [0.25, 0.3) is 5.91 Å². The van der Waals surface area contributed by atoms with Crippen molar-refractivity contribution in [2.45, 2.75) is 13.0 Å². The monoisotopic (exact) mass is 505 g/mol. The fourth-order valence-electron chi connectivity index (χ4n) is 4.09. The lowest BCUT2D eigenvalue weighted by atomic mass is 9.95. The Labute approximate surface area is 212 Å². The quantitative estimate of drug-likeness (QED) is 0.338. The van der Waals surface area contributed by atoms with Gasteiger partial charge >= 0.3 is 0 Å². The van der Waals surface area contributed by atoms with E-state index in [0.717, 1.165) is 11.1 Å². The molecule has 35 heavy (non-hydrogen) atoms. The molecule has 0 fully saturated rings. The maximum atomic E-state index is 13.7. The standard InChI is InChI=1S/C26H21Cl2N5O2/c1-15-22(25(34)30-20-9-5-6-10-21(20)35-2)23(18-7-3-4-8-19(18)28)33-26(29-15)31-24(32-33)16-11-13-17(27)14-12-16/h3-14,23H,1-2H3,(H,30,34)(H,29,31,32). The van der Waals surface area contributed by atoms with Crippen LogP contribution in [0.3, 0.4) is 0 Å². The number of fused-ring (bicyclic) bond motifs is 1. The summed E-state index contributed by atoms with van der Waals surface area (Å²) in [5.41, 5.74) is 3.20. The van der Waals surface area contributed by atoms with Gasteiger partial charge in [0.05, 0.1) is 18.4 Å². The molecule has 0 saturated carbocycles. The zero-order valence-electron chi connectivity index (χ0n) is 18.9. The van der Waals surface area contributed by atoms with Crippen molar-refractivity contribution in [1.82, 2.24) is 14.8 Å². The first-order chi connectivity index (χ1) is 17.0. The van der Waals surface area contributed by atoms with Crippen molar-refractivity contribution in [3.05, 3.63) is 99.7 Å². The summed E-state index contributed by atoms with van der Waals surface area (Å²) < 4.78 is 7.09. The molecule has 0 bridgehead atoms. The summed E-state index contributed by atoms with van der Waals surface area (Å²) in [5, 5.41) is 12.1. The van der Waals surface area contributed by atoms with Gasteiger partial charge in [0, 0.05) is 26.9 Å². The van der Waals surface area contributed by atoms with Crippen molar-refractivity contribution in [3.8, 4) is 17.1 Å². The van der Waals surface area contributed by atoms with Crippen LogP contribution in [0.2, 0.25) is 10.0 Å². The van der Waals surface area contributed by atoms with Crippen LogP contribution in [0.1, 0.15) is 18.5 Å². The Hall–Kier alpha value is -3.81. The number of benzene rings is 3. The van der Waals surface area contributed by atoms with Crippen molar-refractivity contribution in [2.75, 3.05) is 17.7 Å². The summed E-state index contributed by atoms with van der Waals surface area (Å²) in [7, 11) is 1.56. The lowest BCUT2D eigenvalue weighted by molar-refractivity contribution is -0.113. The molecule has 0 saturated heterocycles. The Bertz CT molecular complexity index is 1450. The van der Waals surface area contributed by atoms with Gasteiger partial charge in [-0.3, -0.25) is 4.79 Å². The van der Waals surface area contributed by atoms with Gasteiger partial charge in [-0.05, 0) is 49.4 Å². The van der Waals surface area contributed by atoms with Gasteiger partial charge in [-0.2, -0.15) is 4.98 Å². The average molecular weight is 506 g/mol. The van der Waals surface area contributed by atoms with Gasteiger partial charge in [-0.1, -0.05) is 53.5 Å². The van der Waals surface area contributed by atoms with E-state index in [1.165, 1.54) is 0 Å². The van der Waals surface area contributed by atoms with E-state index in [4.69, 9.17) is 33.0 Å². The molecular weight excluding hydrogens is 485 g/mol. The number of nitrogens with one attached hydrogen (secondary N) is 2. The van der Waals surface area contributed by atoms with Gasteiger partial charge in [0.1, 0.15) is 11.8 Å². The molecule has 7 nitrogen and oxygen atoms in total. The highest BCUT2D eigenvalue weighted by atomic mass is 35.5. The number of aromatic nitrogens is 3. The van der Waals surface area contributed by atoms with Crippen molar-refractivity contribution >= 4 is 40.7 Å². The van der Waals surface area contributed by atoms with E-state index in [1.54, 1.807) is 42.1 Å². The molecule has 0 radical (unpaired) electrons. The molecule has 1 atom stereocenters. The number of amides is 1. The number of hydrogen-bond donors (Lipinski definition) is 2. The number of methoxy groups -OCH3 is 1. The normalized spacial score (nSPS) is 14.8. The van der Waals surface area contributed by atoms with Crippen LogP contribution in [-0.4, -0.2) is 27.8 Å². The third-order valence-electron chi connectivity index (χ3n) is 5.75.